The molecule has 0 N–H and O–H groups in total. The average molecular weight is 152 g/mol. The number of carbonyl (C=O) groups is 1. The lowest BCUT2D eigenvalue weighted by molar-refractivity contribution is -0.122. The Kier molecular flexibility index (Phi) is 2.48. The molecule has 1 aliphatic rings. The molecule has 0 aliphatic heterocycles. The van der Waals surface area contributed by atoms with Gasteiger partial charge in [-0.2, -0.15) is 0 Å². The molecule has 0 spiro atoms. The third kappa shape index (κ3) is 1.92. The fourth-order valence-corrected chi connectivity index (χ4v) is 1.86. The molecule has 0 radical (unpaired) electrons. The summed E-state index contributed by atoms with van der Waals surface area (Å²) < 4.78 is 0. The molecule has 0 saturated carbocycles. The minimum absolute atomic E-state index is 0.290. The van der Waals surface area contributed by atoms with Crippen molar-refractivity contribution in [2.24, 2.45) is 11.8 Å². The Hall–Kier alpha value is -0.590. The van der Waals surface area contributed by atoms with E-state index in [4.69, 9.17) is 0 Å². The maximum atomic E-state index is 11.1. The van der Waals surface area contributed by atoms with Crippen molar-refractivity contribution in [3.63, 3.8) is 0 Å². The molecule has 0 aromatic carbocycles. The fraction of sp³-hybridized carbons (Fsp3) is 0.700. The molecule has 0 aromatic rings. The summed E-state index contributed by atoms with van der Waals surface area (Å²) in [5.41, 5.74) is 1.44. The van der Waals surface area contributed by atoms with E-state index in [9.17, 15) is 4.79 Å². The number of carbonyl (C=O) groups excluding carboxylic acids is 1. The van der Waals surface area contributed by atoms with Crippen LogP contribution < -0.4 is 0 Å². The zero-order valence-electron chi connectivity index (χ0n) is 7.55. The molecule has 1 rings (SSSR count). The van der Waals surface area contributed by atoms with Gasteiger partial charge in [0.05, 0.1) is 0 Å². The van der Waals surface area contributed by atoms with E-state index < -0.39 is 0 Å². The molecule has 11 heavy (non-hydrogen) atoms. The minimum Gasteiger partial charge on any atom is -0.300 e. The Morgan fingerprint density at radius 3 is 2.73 bits per heavy atom. The molecular formula is C10H16O. The van der Waals surface area contributed by atoms with Crippen molar-refractivity contribution < 1.29 is 4.79 Å². The summed E-state index contributed by atoms with van der Waals surface area (Å²) in [6.07, 6.45) is 4.26. The monoisotopic (exact) mass is 152 g/mol. The van der Waals surface area contributed by atoms with E-state index in [0.29, 0.717) is 17.6 Å². The molecule has 0 saturated heterocycles. The van der Waals surface area contributed by atoms with Gasteiger partial charge in [0, 0.05) is 5.92 Å². The number of ketones is 1. The van der Waals surface area contributed by atoms with Crippen molar-refractivity contribution >= 4 is 5.78 Å². The smallest absolute Gasteiger partial charge is 0.133 e. The quantitative estimate of drug-likeness (QED) is 0.528. The molecule has 0 fully saturated rings. The van der Waals surface area contributed by atoms with Gasteiger partial charge in [0.15, 0.2) is 0 Å². The second kappa shape index (κ2) is 3.21. The van der Waals surface area contributed by atoms with Crippen LogP contribution in [0.1, 0.15) is 33.6 Å². The van der Waals surface area contributed by atoms with Gasteiger partial charge in [-0.25, -0.2) is 0 Å². The van der Waals surface area contributed by atoms with Crippen LogP contribution in [0.15, 0.2) is 11.6 Å². The SMILES string of the molecule is CC(=O)[C@H]1CC=C(C)C[C@@H]1C. The van der Waals surface area contributed by atoms with Crippen LogP contribution >= 0.6 is 0 Å². The molecule has 0 amide bonds. The van der Waals surface area contributed by atoms with Crippen molar-refractivity contribution in [3.05, 3.63) is 11.6 Å². The molecule has 1 aliphatic carbocycles. The molecule has 1 heteroatoms. The lowest BCUT2D eigenvalue weighted by Gasteiger charge is -2.25. The summed E-state index contributed by atoms with van der Waals surface area (Å²) in [4.78, 5) is 11.1. The highest BCUT2D eigenvalue weighted by Crippen LogP contribution is 2.29. The molecular weight excluding hydrogens is 136 g/mol. The molecule has 0 unspecified atom stereocenters. The van der Waals surface area contributed by atoms with Crippen LogP contribution in [0.25, 0.3) is 0 Å². The third-order valence-electron chi connectivity index (χ3n) is 2.57. The summed E-state index contributed by atoms with van der Waals surface area (Å²) >= 11 is 0. The van der Waals surface area contributed by atoms with Crippen LogP contribution in [0.5, 0.6) is 0 Å². The lowest BCUT2D eigenvalue weighted by Crippen LogP contribution is -2.22. The number of hydrogen-bond donors (Lipinski definition) is 0. The van der Waals surface area contributed by atoms with E-state index in [1.807, 2.05) is 0 Å². The number of allylic oxidation sites excluding steroid dienone is 2. The summed E-state index contributed by atoms with van der Waals surface area (Å²) in [6.45, 7) is 6.02. The van der Waals surface area contributed by atoms with Gasteiger partial charge in [0.25, 0.3) is 0 Å². The summed E-state index contributed by atoms with van der Waals surface area (Å²) in [6, 6.07) is 0. The zero-order valence-corrected chi connectivity index (χ0v) is 7.55. The number of rotatable bonds is 1. The van der Waals surface area contributed by atoms with Gasteiger partial charge in [-0.15, -0.1) is 0 Å². The van der Waals surface area contributed by atoms with Crippen LogP contribution in [0, 0.1) is 11.8 Å². The van der Waals surface area contributed by atoms with E-state index in [1.54, 1.807) is 6.92 Å². The number of Topliss-reactive ketones (excluding diaryl/α,β-unsaturated/α-hetero) is 1. The van der Waals surface area contributed by atoms with E-state index in [2.05, 4.69) is 19.9 Å². The standard InChI is InChI=1S/C10H16O/c1-7-4-5-10(9(3)11)8(2)6-7/h4,8,10H,5-6H2,1-3H3/t8-,10-/m0/s1. The zero-order chi connectivity index (χ0) is 8.43. The Balaban J connectivity index is 2.65. The summed E-state index contributed by atoms with van der Waals surface area (Å²) in [7, 11) is 0. The van der Waals surface area contributed by atoms with E-state index >= 15 is 0 Å². The van der Waals surface area contributed by atoms with Crippen LogP contribution in [-0.2, 0) is 4.79 Å². The molecule has 2 atom stereocenters. The van der Waals surface area contributed by atoms with Crippen LogP contribution in [-0.4, -0.2) is 5.78 Å². The van der Waals surface area contributed by atoms with Crippen LogP contribution in [0.4, 0.5) is 0 Å². The topological polar surface area (TPSA) is 17.1 Å². The first-order valence-electron chi connectivity index (χ1n) is 4.27. The largest absolute Gasteiger partial charge is 0.300 e. The Labute approximate surface area is 68.5 Å². The highest BCUT2D eigenvalue weighted by Gasteiger charge is 2.23. The molecule has 62 valence electrons. The van der Waals surface area contributed by atoms with Gasteiger partial charge in [-0.1, -0.05) is 18.6 Å². The van der Waals surface area contributed by atoms with Gasteiger partial charge in [-0.3, -0.25) is 4.79 Å². The molecule has 0 aromatic heterocycles. The minimum atomic E-state index is 0.290. The predicted molar refractivity (Wildman–Crippen MR) is 46.3 cm³/mol. The van der Waals surface area contributed by atoms with Crippen molar-refractivity contribution in [1.29, 1.82) is 0 Å². The maximum absolute atomic E-state index is 11.1. The summed E-state index contributed by atoms with van der Waals surface area (Å²) in [5, 5.41) is 0. The Bertz CT molecular complexity index is 191. The van der Waals surface area contributed by atoms with Gasteiger partial charge in [-0.05, 0) is 32.6 Å². The first kappa shape index (κ1) is 8.51. The number of hydrogen-bond acceptors (Lipinski definition) is 1. The molecule has 0 bridgehead atoms. The van der Waals surface area contributed by atoms with E-state index in [1.165, 1.54) is 5.57 Å². The molecule has 1 nitrogen and oxygen atoms in total. The van der Waals surface area contributed by atoms with Gasteiger partial charge >= 0.3 is 0 Å². The highest BCUT2D eigenvalue weighted by molar-refractivity contribution is 5.79. The lowest BCUT2D eigenvalue weighted by atomic mass is 9.79. The third-order valence-corrected chi connectivity index (χ3v) is 2.57. The normalized spacial score (nSPS) is 31.4. The highest BCUT2D eigenvalue weighted by atomic mass is 16.1. The van der Waals surface area contributed by atoms with Crippen molar-refractivity contribution in [1.82, 2.24) is 0 Å². The van der Waals surface area contributed by atoms with Crippen LogP contribution in [0.2, 0.25) is 0 Å². The van der Waals surface area contributed by atoms with Crippen LogP contribution in [0.3, 0.4) is 0 Å². The predicted octanol–water partition coefficient (Wildman–Crippen LogP) is 2.57. The Morgan fingerprint density at radius 1 is 1.64 bits per heavy atom. The van der Waals surface area contributed by atoms with Gasteiger partial charge in [0.2, 0.25) is 0 Å². The second-order valence-corrected chi connectivity index (χ2v) is 3.68. The fourth-order valence-electron chi connectivity index (χ4n) is 1.86. The van der Waals surface area contributed by atoms with Gasteiger partial charge in [0.1, 0.15) is 5.78 Å². The summed E-state index contributed by atoms with van der Waals surface area (Å²) in [5.74, 6) is 1.19. The first-order chi connectivity index (χ1) is 5.11. The maximum Gasteiger partial charge on any atom is 0.133 e. The van der Waals surface area contributed by atoms with Gasteiger partial charge < -0.3 is 0 Å². The Morgan fingerprint density at radius 2 is 2.27 bits per heavy atom. The van der Waals surface area contributed by atoms with E-state index in [-0.39, 0.29) is 0 Å². The van der Waals surface area contributed by atoms with E-state index in [0.717, 1.165) is 12.8 Å². The van der Waals surface area contributed by atoms with Crippen molar-refractivity contribution in [2.75, 3.05) is 0 Å². The molecule has 0 heterocycles. The van der Waals surface area contributed by atoms with Crippen molar-refractivity contribution in [3.8, 4) is 0 Å². The first-order valence-corrected chi connectivity index (χ1v) is 4.27. The average Bonchev–Trinajstić information content (AvgIpc) is 1.85. The van der Waals surface area contributed by atoms with Crippen molar-refractivity contribution in [2.45, 2.75) is 33.6 Å². The second-order valence-electron chi connectivity index (χ2n) is 3.68.